The molecule has 12 heteroatoms. The van der Waals surface area contributed by atoms with Gasteiger partial charge in [-0.25, -0.2) is 0 Å². The van der Waals surface area contributed by atoms with Gasteiger partial charge in [0.25, 0.3) is 11.8 Å². The Bertz CT molecular complexity index is 2140. The Kier molecular flexibility index (Phi) is 15.1. The Labute approximate surface area is 359 Å². The van der Waals surface area contributed by atoms with Gasteiger partial charge in [-0.2, -0.15) is 0 Å². The molecule has 12 nitrogen and oxygen atoms in total. The average molecular weight is 824 g/mol. The molecular weight excluding hydrogens is 767 g/mol. The van der Waals surface area contributed by atoms with Crippen LogP contribution in [0.3, 0.4) is 0 Å². The van der Waals surface area contributed by atoms with Crippen LogP contribution in [0.4, 0.5) is 5.69 Å². The van der Waals surface area contributed by atoms with E-state index in [-0.39, 0.29) is 30.0 Å². The molecule has 1 atom stereocenters. The molecule has 7 rings (SSSR count). The molecule has 2 aromatic carbocycles. The van der Waals surface area contributed by atoms with E-state index in [4.69, 9.17) is 0 Å². The number of aromatic nitrogens is 1. The monoisotopic (exact) mass is 823 g/mol. The molecular formula is C49H57N7O5. The first kappa shape index (κ1) is 43.0. The van der Waals surface area contributed by atoms with E-state index in [0.29, 0.717) is 31.0 Å². The standard InChI is InChI=1S/C49H57N7O5/c57-45(22-16-38-12-10-26-50-35-38)51-27-7-6-11-37-24-29-55(30-25-37)48(60)40-17-19-41(20-18-40)54-33-31-53(32-34-54)28-8-4-2-1-3-5-13-39-14-9-15-42-43(39)36-56(49(42)61)44-21-23-46(58)52-47(44)59/h6-7,9-10,12,14-20,22,26,35,37,44H,1-4,8,11,21,23-25,27-34,36H2,(H,51,57)(H,52,58,59)/b7-6+,22-16+. The number of hydrogen-bond donors (Lipinski definition) is 2. The van der Waals surface area contributed by atoms with Crippen molar-refractivity contribution in [2.75, 3.05) is 57.3 Å². The summed E-state index contributed by atoms with van der Waals surface area (Å²) in [5.41, 5.74) is 5.11. The van der Waals surface area contributed by atoms with E-state index in [0.717, 1.165) is 119 Å². The fourth-order valence-electron chi connectivity index (χ4n) is 8.60. The number of carbonyl (C=O) groups excluding carboxylic acids is 5. The van der Waals surface area contributed by atoms with Gasteiger partial charge in [0.05, 0.1) is 0 Å². The van der Waals surface area contributed by atoms with Gasteiger partial charge in [0, 0.05) is 106 Å². The van der Waals surface area contributed by atoms with Crippen LogP contribution in [0.2, 0.25) is 0 Å². The smallest absolute Gasteiger partial charge is 0.255 e. The molecule has 4 aliphatic rings. The summed E-state index contributed by atoms with van der Waals surface area (Å²) in [6.07, 6.45) is 19.6. The van der Waals surface area contributed by atoms with Crippen LogP contribution in [-0.2, 0) is 20.9 Å². The molecule has 2 N–H and O–H groups in total. The Hall–Kier alpha value is -6.06. The summed E-state index contributed by atoms with van der Waals surface area (Å²) in [5.74, 6) is 6.24. The van der Waals surface area contributed by atoms with E-state index in [9.17, 15) is 24.0 Å². The fourth-order valence-corrected chi connectivity index (χ4v) is 8.60. The third kappa shape index (κ3) is 11.8. The molecule has 318 valence electrons. The van der Waals surface area contributed by atoms with Gasteiger partial charge in [-0.05, 0) is 111 Å². The highest BCUT2D eigenvalue weighted by Gasteiger charge is 2.39. The SMILES string of the molecule is O=C(/C=C/c1cccnc1)NC/C=C/CC1CCN(C(=O)c2ccc(N3CCN(CCCCCCC#Cc4cccc5c4CN(C4CCC(=O)NC4=O)C5=O)CC3)cc2)CC1. The third-order valence-corrected chi connectivity index (χ3v) is 12.2. The minimum Gasteiger partial charge on any atom is -0.369 e. The number of allylic oxidation sites excluding steroid dienone is 1. The number of piperidine rings is 2. The van der Waals surface area contributed by atoms with Gasteiger partial charge >= 0.3 is 0 Å². The maximum absolute atomic E-state index is 13.3. The summed E-state index contributed by atoms with van der Waals surface area (Å²) in [6.45, 7) is 7.46. The van der Waals surface area contributed by atoms with Crippen LogP contribution >= 0.6 is 0 Å². The van der Waals surface area contributed by atoms with E-state index >= 15 is 0 Å². The highest BCUT2D eigenvalue weighted by atomic mass is 16.2. The quantitative estimate of drug-likeness (QED) is 0.0666. The van der Waals surface area contributed by atoms with E-state index < -0.39 is 11.9 Å². The Morgan fingerprint density at radius 2 is 1.67 bits per heavy atom. The predicted octanol–water partition coefficient (Wildman–Crippen LogP) is 5.59. The number of hydrogen-bond acceptors (Lipinski definition) is 8. The topological polar surface area (TPSA) is 135 Å². The lowest BCUT2D eigenvalue weighted by Gasteiger charge is -2.36. The van der Waals surface area contributed by atoms with Gasteiger partial charge in [0.2, 0.25) is 17.7 Å². The molecule has 3 fully saturated rings. The van der Waals surface area contributed by atoms with Gasteiger partial charge in [0.15, 0.2) is 0 Å². The van der Waals surface area contributed by atoms with E-state index in [1.54, 1.807) is 29.4 Å². The van der Waals surface area contributed by atoms with Gasteiger partial charge < -0.3 is 20.0 Å². The summed E-state index contributed by atoms with van der Waals surface area (Å²) < 4.78 is 0. The molecule has 0 saturated carbocycles. The lowest BCUT2D eigenvalue weighted by atomic mass is 9.93. The number of amides is 5. The van der Waals surface area contributed by atoms with Crippen molar-refractivity contribution in [1.29, 1.82) is 0 Å². The Morgan fingerprint density at radius 1 is 0.869 bits per heavy atom. The first-order valence-electron chi connectivity index (χ1n) is 22.0. The van der Waals surface area contributed by atoms with Crippen molar-refractivity contribution in [3.05, 3.63) is 113 Å². The third-order valence-electron chi connectivity index (χ3n) is 12.2. The first-order chi connectivity index (χ1) is 29.8. The Morgan fingerprint density at radius 3 is 2.44 bits per heavy atom. The van der Waals surface area contributed by atoms with Crippen LogP contribution in [0, 0.1) is 17.8 Å². The summed E-state index contributed by atoms with van der Waals surface area (Å²) in [7, 11) is 0. The number of benzene rings is 2. The number of unbranched alkanes of at least 4 members (excludes halogenated alkanes) is 4. The summed E-state index contributed by atoms with van der Waals surface area (Å²) >= 11 is 0. The second kappa shape index (κ2) is 21.5. The summed E-state index contributed by atoms with van der Waals surface area (Å²) in [5, 5.41) is 5.24. The van der Waals surface area contributed by atoms with Gasteiger partial charge in [0.1, 0.15) is 6.04 Å². The zero-order valence-electron chi connectivity index (χ0n) is 35.0. The number of anilines is 1. The molecule has 0 radical (unpaired) electrons. The average Bonchev–Trinajstić information content (AvgIpc) is 3.63. The van der Waals surface area contributed by atoms with Gasteiger partial charge in [-0.1, -0.05) is 49.0 Å². The first-order valence-corrected chi connectivity index (χ1v) is 22.0. The number of likely N-dealkylation sites (tertiary alicyclic amines) is 1. The number of nitrogens with zero attached hydrogens (tertiary/aromatic N) is 5. The summed E-state index contributed by atoms with van der Waals surface area (Å²) in [4.78, 5) is 75.0. The molecule has 0 bridgehead atoms. The zero-order valence-corrected chi connectivity index (χ0v) is 35.0. The largest absolute Gasteiger partial charge is 0.369 e. The number of rotatable bonds is 15. The van der Waals surface area contributed by atoms with Gasteiger partial charge in [-0.15, -0.1) is 0 Å². The van der Waals surface area contributed by atoms with E-state index in [1.165, 1.54) is 11.8 Å². The molecule has 61 heavy (non-hydrogen) atoms. The highest BCUT2D eigenvalue weighted by molar-refractivity contribution is 6.05. The van der Waals surface area contributed by atoms with Crippen LogP contribution in [0.15, 0.2) is 85.2 Å². The Balaban J connectivity index is 0.735. The van der Waals surface area contributed by atoms with Crippen molar-refractivity contribution >= 4 is 41.3 Å². The van der Waals surface area contributed by atoms with Crippen LogP contribution in [0.1, 0.15) is 102 Å². The highest BCUT2D eigenvalue weighted by Crippen LogP contribution is 2.30. The van der Waals surface area contributed by atoms with E-state index in [2.05, 4.69) is 55.5 Å². The normalized spacial score (nSPS) is 18.7. The lowest BCUT2D eigenvalue weighted by Crippen LogP contribution is -2.52. The molecule has 5 amide bonds. The molecule has 4 aliphatic heterocycles. The molecule has 1 unspecified atom stereocenters. The summed E-state index contributed by atoms with van der Waals surface area (Å²) in [6, 6.07) is 16.8. The number of nitrogens with one attached hydrogen (secondary N) is 2. The van der Waals surface area contributed by atoms with Crippen molar-refractivity contribution in [2.24, 2.45) is 5.92 Å². The maximum atomic E-state index is 13.3. The zero-order chi connectivity index (χ0) is 42.4. The molecule has 0 aliphatic carbocycles. The fraction of sp³-hybridized carbons (Fsp3) is 0.429. The molecule has 3 saturated heterocycles. The number of carbonyl (C=O) groups is 5. The van der Waals surface area contributed by atoms with Crippen LogP contribution in [0.25, 0.3) is 6.08 Å². The molecule has 1 aromatic heterocycles. The number of imide groups is 1. The number of piperazine rings is 1. The second-order valence-electron chi connectivity index (χ2n) is 16.4. The predicted molar refractivity (Wildman–Crippen MR) is 236 cm³/mol. The van der Waals surface area contributed by atoms with Gasteiger partial charge in [-0.3, -0.25) is 39.2 Å². The van der Waals surface area contributed by atoms with Crippen molar-refractivity contribution in [3.8, 4) is 11.8 Å². The molecule has 3 aromatic rings. The van der Waals surface area contributed by atoms with Crippen molar-refractivity contribution in [1.82, 2.24) is 30.3 Å². The number of pyridine rings is 1. The van der Waals surface area contributed by atoms with Crippen LogP contribution < -0.4 is 15.5 Å². The molecule has 0 spiro atoms. The molecule has 5 heterocycles. The minimum absolute atomic E-state index is 0.108. The minimum atomic E-state index is -0.623. The number of fused-ring (bicyclic) bond motifs is 1. The van der Waals surface area contributed by atoms with E-state index in [1.807, 2.05) is 47.4 Å². The van der Waals surface area contributed by atoms with Crippen molar-refractivity contribution in [2.45, 2.75) is 76.8 Å². The van der Waals surface area contributed by atoms with Crippen molar-refractivity contribution in [3.63, 3.8) is 0 Å². The second-order valence-corrected chi connectivity index (χ2v) is 16.4. The lowest BCUT2D eigenvalue weighted by molar-refractivity contribution is -0.137. The van der Waals surface area contributed by atoms with Crippen molar-refractivity contribution < 1.29 is 24.0 Å². The van der Waals surface area contributed by atoms with Crippen LogP contribution in [-0.4, -0.2) is 108 Å². The van der Waals surface area contributed by atoms with Crippen LogP contribution in [0.5, 0.6) is 0 Å². The maximum Gasteiger partial charge on any atom is 0.255 e.